The Balaban J connectivity index is 1.88. The van der Waals surface area contributed by atoms with Gasteiger partial charge in [-0.3, -0.25) is 9.89 Å². The summed E-state index contributed by atoms with van der Waals surface area (Å²) in [6.07, 6.45) is 2.52. The highest BCUT2D eigenvalue weighted by Crippen LogP contribution is 2.23. The van der Waals surface area contributed by atoms with E-state index in [0.29, 0.717) is 29.9 Å². The van der Waals surface area contributed by atoms with Gasteiger partial charge in [-0.15, -0.1) is 0 Å². The second-order valence-corrected chi connectivity index (χ2v) is 5.21. The number of aromatic nitrogens is 2. The van der Waals surface area contributed by atoms with Crippen LogP contribution in [0.3, 0.4) is 0 Å². The SMILES string of the molecule is O=C(c1cn[nH]c1-c1ccc(F)cc1)N1CCCC(O)C1. The Morgan fingerprint density at radius 3 is 2.86 bits per heavy atom. The molecule has 1 aromatic heterocycles. The van der Waals surface area contributed by atoms with Crippen LogP contribution in [0.2, 0.25) is 0 Å². The van der Waals surface area contributed by atoms with E-state index in [0.717, 1.165) is 12.8 Å². The number of carbonyl (C=O) groups is 1. The molecular weight excluding hydrogens is 273 g/mol. The summed E-state index contributed by atoms with van der Waals surface area (Å²) in [6, 6.07) is 5.89. The Morgan fingerprint density at radius 1 is 1.38 bits per heavy atom. The Morgan fingerprint density at radius 2 is 2.14 bits per heavy atom. The first-order valence-corrected chi connectivity index (χ1v) is 6.92. The largest absolute Gasteiger partial charge is 0.391 e. The zero-order valence-electron chi connectivity index (χ0n) is 11.4. The molecule has 110 valence electrons. The predicted octanol–water partition coefficient (Wildman–Crippen LogP) is 1.81. The third-order valence-electron chi connectivity index (χ3n) is 3.69. The first kappa shape index (κ1) is 13.8. The number of halogens is 1. The standard InChI is InChI=1S/C15H16FN3O2/c16-11-5-3-10(4-6-11)14-13(8-17-18-14)15(21)19-7-1-2-12(20)9-19/h3-6,8,12,20H,1-2,7,9H2,(H,17,18). The van der Waals surface area contributed by atoms with E-state index < -0.39 is 6.10 Å². The van der Waals surface area contributed by atoms with Crippen molar-refractivity contribution in [2.45, 2.75) is 18.9 Å². The van der Waals surface area contributed by atoms with E-state index in [9.17, 15) is 14.3 Å². The van der Waals surface area contributed by atoms with Gasteiger partial charge in [0, 0.05) is 18.7 Å². The number of aromatic amines is 1. The molecule has 2 N–H and O–H groups in total. The molecule has 0 aliphatic carbocycles. The molecule has 2 aromatic rings. The maximum atomic E-state index is 13.0. The van der Waals surface area contributed by atoms with Crippen LogP contribution in [0.1, 0.15) is 23.2 Å². The fourth-order valence-corrected chi connectivity index (χ4v) is 2.59. The number of nitrogens with one attached hydrogen (secondary N) is 1. The van der Waals surface area contributed by atoms with Crippen LogP contribution in [-0.2, 0) is 0 Å². The van der Waals surface area contributed by atoms with Crippen LogP contribution in [0.25, 0.3) is 11.3 Å². The molecule has 5 nitrogen and oxygen atoms in total. The molecule has 0 radical (unpaired) electrons. The fourth-order valence-electron chi connectivity index (χ4n) is 2.59. The monoisotopic (exact) mass is 289 g/mol. The molecule has 0 saturated carbocycles. The summed E-state index contributed by atoms with van der Waals surface area (Å²) >= 11 is 0. The van der Waals surface area contributed by atoms with Crippen molar-refractivity contribution >= 4 is 5.91 Å². The van der Waals surface area contributed by atoms with Crippen molar-refractivity contribution in [3.05, 3.63) is 41.8 Å². The number of hydrogen-bond acceptors (Lipinski definition) is 3. The number of β-amino-alcohol motifs (C(OH)–C–C–N with tert-alkyl or cyclic N) is 1. The molecule has 21 heavy (non-hydrogen) atoms. The molecule has 1 aliphatic rings. The number of benzene rings is 1. The normalized spacial score (nSPS) is 18.8. The number of likely N-dealkylation sites (tertiary alicyclic amines) is 1. The van der Waals surface area contributed by atoms with Crippen LogP contribution in [0.15, 0.2) is 30.5 Å². The predicted molar refractivity (Wildman–Crippen MR) is 75.1 cm³/mol. The van der Waals surface area contributed by atoms with Gasteiger partial charge in [0.15, 0.2) is 0 Å². The molecule has 0 bridgehead atoms. The lowest BCUT2D eigenvalue weighted by Crippen LogP contribution is -2.42. The van der Waals surface area contributed by atoms with Crippen molar-refractivity contribution in [2.75, 3.05) is 13.1 Å². The van der Waals surface area contributed by atoms with Crippen molar-refractivity contribution in [1.82, 2.24) is 15.1 Å². The average molecular weight is 289 g/mol. The number of hydrogen-bond donors (Lipinski definition) is 2. The smallest absolute Gasteiger partial charge is 0.257 e. The summed E-state index contributed by atoms with van der Waals surface area (Å²) in [7, 11) is 0. The van der Waals surface area contributed by atoms with Gasteiger partial charge < -0.3 is 10.0 Å². The van der Waals surface area contributed by atoms with E-state index in [1.54, 1.807) is 17.0 Å². The van der Waals surface area contributed by atoms with Crippen molar-refractivity contribution < 1.29 is 14.3 Å². The highest BCUT2D eigenvalue weighted by atomic mass is 19.1. The van der Waals surface area contributed by atoms with Crippen LogP contribution in [0.5, 0.6) is 0 Å². The Hall–Kier alpha value is -2.21. The summed E-state index contributed by atoms with van der Waals surface area (Å²) in [6.45, 7) is 0.969. The summed E-state index contributed by atoms with van der Waals surface area (Å²) < 4.78 is 13.0. The van der Waals surface area contributed by atoms with Gasteiger partial charge in [-0.2, -0.15) is 5.10 Å². The molecule has 1 aliphatic heterocycles. The highest BCUT2D eigenvalue weighted by molar-refractivity contribution is 5.99. The molecule has 1 atom stereocenters. The van der Waals surface area contributed by atoms with Crippen molar-refractivity contribution in [2.24, 2.45) is 0 Å². The third-order valence-corrected chi connectivity index (χ3v) is 3.69. The molecule has 3 rings (SSSR count). The number of H-pyrrole nitrogens is 1. The molecule has 1 saturated heterocycles. The van der Waals surface area contributed by atoms with Gasteiger partial charge in [0.2, 0.25) is 0 Å². The number of piperidine rings is 1. The summed E-state index contributed by atoms with van der Waals surface area (Å²) in [5.74, 6) is -0.493. The summed E-state index contributed by atoms with van der Waals surface area (Å²) in [4.78, 5) is 14.2. The van der Waals surface area contributed by atoms with E-state index in [1.807, 2.05) is 0 Å². The molecule has 1 aromatic carbocycles. The van der Waals surface area contributed by atoms with E-state index in [-0.39, 0.29) is 11.7 Å². The fraction of sp³-hybridized carbons (Fsp3) is 0.333. The van der Waals surface area contributed by atoms with Gasteiger partial charge in [0.1, 0.15) is 5.82 Å². The maximum absolute atomic E-state index is 13.0. The lowest BCUT2D eigenvalue weighted by atomic mass is 10.0. The van der Waals surface area contributed by atoms with E-state index in [1.165, 1.54) is 18.3 Å². The van der Waals surface area contributed by atoms with Crippen LogP contribution in [0.4, 0.5) is 4.39 Å². The average Bonchev–Trinajstić information content (AvgIpc) is 2.96. The molecular formula is C15H16FN3O2. The summed E-state index contributed by atoms with van der Waals surface area (Å²) in [5, 5.41) is 16.4. The van der Waals surface area contributed by atoms with Crippen LogP contribution in [-0.4, -0.2) is 45.3 Å². The van der Waals surface area contributed by atoms with Gasteiger partial charge in [-0.25, -0.2) is 4.39 Å². The van der Waals surface area contributed by atoms with E-state index in [2.05, 4.69) is 10.2 Å². The Labute approximate surface area is 121 Å². The second kappa shape index (κ2) is 5.65. The quantitative estimate of drug-likeness (QED) is 0.886. The minimum atomic E-state index is -0.469. The van der Waals surface area contributed by atoms with Crippen LogP contribution < -0.4 is 0 Å². The number of amides is 1. The van der Waals surface area contributed by atoms with Gasteiger partial charge in [-0.1, -0.05) is 0 Å². The maximum Gasteiger partial charge on any atom is 0.257 e. The molecule has 2 heterocycles. The topological polar surface area (TPSA) is 69.2 Å². The Kier molecular flexibility index (Phi) is 3.70. The van der Waals surface area contributed by atoms with Crippen LogP contribution in [0, 0.1) is 5.82 Å². The van der Waals surface area contributed by atoms with Crippen molar-refractivity contribution in [3.8, 4) is 11.3 Å². The van der Waals surface area contributed by atoms with Crippen molar-refractivity contribution in [1.29, 1.82) is 0 Å². The first-order chi connectivity index (χ1) is 10.1. The molecule has 1 unspecified atom stereocenters. The number of rotatable bonds is 2. The molecule has 1 amide bonds. The number of aliphatic hydroxyl groups excluding tert-OH is 1. The summed E-state index contributed by atoms with van der Waals surface area (Å²) in [5.41, 5.74) is 1.71. The molecule has 1 fully saturated rings. The minimum Gasteiger partial charge on any atom is -0.391 e. The lowest BCUT2D eigenvalue weighted by molar-refractivity contribution is 0.0474. The minimum absolute atomic E-state index is 0.165. The van der Waals surface area contributed by atoms with Crippen molar-refractivity contribution in [3.63, 3.8) is 0 Å². The number of nitrogens with zero attached hydrogens (tertiary/aromatic N) is 2. The lowest BCUT2D eigenvalue weighted by Gasteiger charge is -2.30. The first-order valence-electron chi connectivity index (χ1n) is 6.92. The molecule has 6 heteroatoms. The number of aliphatic hydroxyl groups is 1. The van der Waals surface area contributed by atoms with Gasteiger partial charge in [-0.05, 0) is 37.1 Å². The zero-order valence-corrected chi connectivity index (χ0v) is 11.4. The highest BCUT2D eigenvalue weighted by Gasteiger charge is 2.26. The molecule has 0 spiro atoms. The third kappa shape index (κ3) is 2.80. The Bertz CT molecular complexity index is 639. The van der Waals surface area contributed by atoms with Gasteiger partial charge in [0.25, 0.3) is 5.91 Å². The number of carbonyl (C=O) groups excluding carboxylic acids is 1. The van der Waals surface area contributed by atoms with Crippen LogP contribution >= 0.6 is 0 Å². The van der Waals surface area contributed by atoms with E-state index in [4.69, 9.17) is 0 Å². The zero-order chi connectivity index (χ0) is 14.8. The van der Waals surface area contributed by atoms with Gasteiger partial charge in [0.05, 0.1) is 23.6 Å². The second-order valence-electron chi connectivity index (χ2n) is 5.21. The van der Waals surface area contributed by atoms with E-state index >= 15 is 0 Å². The van der Waals surface area contributed by atoms with Gasteiger partial charge >= 0.3 is 0 Å².